The normalized spacial score (nSPS) is 15.9. The zero-order valence-corrected chi connectivity index (χ0v) is 16.5. The van der Waals surface area contributed by atoms with E-state index < -0.39 is 0 Å². The molecule has 2 aromatic rings. The Kier molecular flexibility index (Phi) is 6.29. The van der Waals surface area contributed by atoms with Crippen LogP contribution in [0.4, 0.5) is 9.18 Å². The Bertz CT molecular complexity index is 866. The Morgan fingerprint density at radius 1 is 1.25 bits per heavy atom. The number of nitrogens with one attached hydrogen (secondary N) is 1. The van der Waals surface area contributed by atoms with E-state index in [1.807, 2.05) is 45.0 Å². The molecule has 0 bridgehead atoms. The van der Waals surface area contributed by atoms with Crippen LogP contribution in [-0.2, 0) is 11.4 Å². The predicted octanol–water partition coefficient (Wildman–Crippen LogP) is 4.25. The number of hydrogen-bond donors (Lipinski definition) is 1. The minimum absolute atomic E-state index is 0.0149. The highest BCUT2D eigenvalue weighted by Gasteiger charge is 2.28. The van der Waals surface area contributed by atoms with E-state index in [-0.39, 0.29) is 30.5 Å². The van der Waals surface area contributed by atoms with Crippen LogP contribution in [0.25, 0.3) is 0 Å². The molecule has 0 unspecified atom stereocenters. The van der Waals surface area contributed by atoms with Crippen molar-refractivity contribution in [1.29, 1.82) is 0 Å². The number of halogens is 1. The van der Waals surface area contributed by atoms with Crippen molar-refractivity contribution in [3.8, 4) is 0 Å². The Hall–Kier alpha value is -2.89. The number of rotatable bonds is 6. The number of carbonyl (C=O) groups excluding carboxylic acids is 1. The fourth-order valence-corrected chi connectivity index (χ4v) is 3.22. The summed E-state index contributed by atoms with van der Waals surface area (Å²) in [5.74, 6) is -0.325. The Labute approximate surface area is 165 Å². The quantitative estimate of drug-likeness (QED) is 0.811. The van der Waals surface area contributed by atoms with Crippen molar-refractivity contribution in [2.24, 2.45) is 5.16 Å². The van der Waals surface area contributed by atoms with Crippen molar-refractivity contribution in [1.82, 2.24) is 10.2 Å². The van der Waals surface area contributed by atoms with Crippen LogP contribution >= 0.6 is 0 Å². The highest BCUT2D eigenvalue weighted by atomic mass is 19.1. The third-order valence-corrected chi connectivity index (χ3v) is 4.63. The molecule has 2 aromatic carbocycles. The maximum absolute atomic E-state index is 14.1. The van der Waals surface area contributed by atoms with Crippen LogP contribution in [0.15, 0.2) is 53.7 Å². The summed E-state index contributed by atoms with van der Waals surface area (Å²) in [6.45, 7) is 6.32. The van der Waals surface area contributed by atoms with E-state index in [0.717, 1.165) is 16.8 Å². The number of amides is 2. The number of hydrogen-bond acceptors (Lipinski definition) is 3. The molecular formula is C22H26FN3O2. The average molecular weight is 383 g/mol. The molecule has 1 heterocycles. The molecule has 0 spiro atoms. The van der Waals surface area contributed by atoms with Gasteiger partial charge < -0.3 is 15.1 Å². The maximum Gasteiger partial charge on any atom is 0.318 e. The summed E-state index contributed by atoms with van der Waals surface area (Å²) in [4.78, 5) is 19.8. The standard InChI is InChI=1S/C22H26FN3O2/c1-15(2)24-22(27)26(13-17-9-5-7-11-20(17)23)14-18-12-21(25-28-18)19-10-6-4-8-16(19)3/h4-11,15,18H,12-14H2,1-3H3,(H,24,27)/t18-/m0/s1. The van der Waals surface area contributed by atoms with Gasteiger partial charge in [0.25, 0.3) is 0 Å². The predicted molar refractivity (Wildman–Crippen MR) is 108 cm³/mol. The van der Waals surface area contributed by atoms with E-state index in [4.69, 9.17) is 4.84 Å². The first-order valence-electron chi connectivity index (χ1n) is 9.51. The molecule has 5 nitrogen and oxygen atoms in total. The molecule has 0 radical (unpaired) electrons. The summed E-state index contributed by atoms with van der Waals surface area (Å²) in [7, 11) is 0. The first kappa shape index (κ1) is 19.9. The van der Waals surface area contributed by atoms with Crippen LogP contribution in [0.2, 0.25) is 0 Å². The van der Waals surface area contributed by atoms with E-state index in [2.05, 4.69) is 10.5 Å². The van der Waals surface area contributed by atoms with Crippen molar-refractivity contribution < 1.29 is 14.0 Å². The molecule has 2 amide bonds. The van der Waals surface area contributed by atoms with E-state index in [1.165, 1.54) is 6.07 Å². The molecule has 1 aliphatic rings. The summed E-state index contributed by atoms with van der Waals surface area (Å²) in [6.07, 6.45) is 0.340. The summed E-state index contributed by atoms with van der Waals surface area (Å²) >= 11 is 0. The average Bonchev–Trinajstić information content (AvgIpc) is 3.11. The highest BCUT2D eigenvalue weighted by Crippen LogP contribution is 2.21. The molecule has 1 aliphatic heterocycles. The van der Waals surface area contributed by atoms with Gasteiger partial charge in [0.05, 0.1) is 18.8 Å². The minimum Gasteiger partial charge on any atom is -0.390 e. The number of nitrogens with zero attached hydrogens (tertiary/aromatic N) is 2. The van der Waals surface area contributed by atoms with Crippen molar-refractivity contribution >= 4 is 11.7 Å². The Balaban J connectivity index is 1.71. The lowest BCUT2D eigenvalue weighted by Gasteiger charge is -2.26. The van der Waals surface area contributed by atoms with Crippen LogP contribution in [-0.4, -0.2) is 35.3 Å². The number of carbonyl (C=O) groups is 1. The van der Waals surface area contributed by atoms with Crippen LogP contribution in [0.3, 0.4) is 0 Å². The molecule has 6 heteroatoms. The second-order valence-electron chi connectivity index (χ2n) is 7.36. The molecule has 0 fully saturated rings. The van der Waals surface area contributed by atoms with Gasteiger partial charge in [-0.25, -0.2) is 9.18 Å². The zero-order valence-electron chi connectivity index (χ0n) is 16.5. The van der Waals surface area contributed by atoms with Gasteiger partial charge in [0, 0.05) is 23.6 Å². The van der Waals surface area contributed by atoms with Crippen LogP contribution in [0.1, 0.15) is 37.0 Å². The summed E-state index contributed by atoms with van der Waals surface area (Å²) < 4.78 is 14.1. The molecule has 1 N–H and O–H groups in total. The van der Waals surface area contributed by atoms with Crippen LogP contribution in [0.5, 0.6) is 0 Å². The van der Waals surface area contributed by atoms with Gasteiger partial charge in [-0.05, 0) is 32.4 Å². The van der Waals surface area contributed by atoms with Crippen molar-refractivity contribution in [2.45, 2.75) is 45.9 Å². The lowest BCUT2D eigenvalue weighted by atomic mass is 10.0. The number of aryl methyl sites for hydroxylation is 1. The van der Waals surface area contributed by atoms with Gasteiger partial charge >= 0.3 is 6.03 Å². The van der Waals surface area contributed by atoms with Gasteiger partial charge in [-0.1, -0.05) is 47.6 Å². The van der Waals surface area contributed by atoms with Crippen molar-refractivity contribution in [2.75, 3.05) is 6.54 Å². The SMILES string of the molecule is Cc1ccccc1C1=NO[C@H](CN(Cc2ccccc2F)C(=O)NC(C)C)C1. The van der Waals surface area contributed by atoms with E-state index >= 15 is 0 Å². The third-order valence-electron chi connectivity index (χ3n) is 4.63. The second kappa shape index (κ2) is 8.87. The molecule has 0 saturated carbocycles. The first-order valence-corrected chi connectivity index (χ1v) is 9.51. The lowest BCUT2D eigenvalue weighted by Crippen LogP contribution is -2.45. The van der Waals surface area contributed by atoms with Gasteiger partial charge in [0.2, 0.25) is 0 Å². The van der Waals surface area contributed by atoms with E-state index in [0.29, 0.717) is 18.5 Å². The minimum atomic E-state index is -0.325. The van der Waals surface area contributed by atoms with Gasteiger partial charge in [-0.2, -0.15) is 0 Å². The van der Waals surface area contributed by atoms with Crippen LogP contribution in [0, 0.1) is 12.7 Å². The fourth-order valence-electron chi connectivity index (χ4n) is 3.22. The van der Waals surface area contributed by atoms with Gasteiger partial charge in [-0.3, -0.25) is 0 Å². The van der Waals surface area contributed by atoms with E-state index in [9.17, 15) is 9.18 Å². The van der Waals surface area contributed by atoms with Gasteiger partial charge in [0.1, 0.15) is 5.82 Å². The zero-order chi connectivity index (χ0) is 20.1. The van der Waals surface area contributed by atoms with Crippen molar-refractivity contribution in [3.05, 3.63) is 71.0 Å². The van der Waals surface area contributed by atoms with Crippen molar-refractivity contribution in [3.63, 3.8) is 0 Å². The third kappa shape index (κ3) is 4.88. The first-order chi connectivity index (χ1) is 13.4. The molecule has 0 saturated heterocycles. The molecule has 0 aromatic heterocycles. The Morgan fingerprint density at radius 3 is 2.68 bits per heavy atom. The molecule has 3 rings (SSSR count). The number of benzene rings is 2. The molecule has 28 heavy (non-hydrogen) atoms. The monoisotopic (exact) mass is 383 g/mol. The topological polar surface area (TPSA) is 53.9 Å². The molecule has 0 aliphatic carbocycles. The molecule has 148 valence electrons. The van der Waals surface area contributed by atoms with Gasteiger partial charge in [-0.15, -0.1) is 0 Å². The van der Waals surface area contributed by atoms with E-state index in [1.54, 1.807) is 23.1 Å². The number of oxime groups is 1. The smallest absolute Gasteiger partial charge is 0.318 e. The summed E-state index contributed by atoms with van der Waals surface area (Å²) in [5.41, 5.74) is 3.53. The maximum atomic E-state index is 14.1. The van der Waals surface area contributed by atoms with Gasteiger partial charge in [0.15, 0.2) is 6.10 Å². The fraction of sp³-hybridized carbons (Fsp3) is 0.364. The summed E-state index contributed by atoms with van der Waals surface area (Å²) in [5, 5.41) is 7.11. The number of urea groups is 1. The lowest BCUT2D eigenvalue weighted by molar-refractivity contribution is 0.0584. The second-order valence-corrected chi connectivity index (χ2v) is 7.36. The van der Waals surface area contributed by atoms with Crippen LogP contribution < -0.4 is 5.32 Å². The largest absolute Gasteiger partial charge is 0.390 e. The summed E-state index contributed by atoms with van der Waals surface area (Å²) in [6, 6.07) is 14.2. The molecule has 1 atom stereocenters. The highest BCUT2D eigenvalue weighted by molar-refractivity contribution is 6.02. The molecular weight excluding hydrogens is 357 g/mol. The Morgan fingerprint density at radius 2 is 1.96 bits per heavy atom.